The SMILES string of the molecule is O=c1[nH][nH]c(=O)n1-n1c(=O)n2n(c1=O)CC2. The summed E-state index contributed by atoms with van der Waals surface area (Å²) in [4.78, 5) is 45.8. The molecule has 0 amide bonds. The second kappa shape index (κ2) is 2.53. The number of nitrogens with zero attached hydrogens (tertiary/aromatic N) is 4. The van der Waals surface area contributed by atoms with Gasteiger partial charge in [0.05, 0.1) is 13.1 Å². The van der Waals surface area contributed by atoms with Gasteiger partial charge in [0.15, 0.2) is 0 Å². The predicted molar refractivity (Wildman–Crippen MR) is 49.4 cm³/mol. The maximum absolute atomic E-state index is 11.6. The molecule has 2 aromatic rings. The Morgan fingerprint density at radius 1 is 0.750 bits per heavy atom. The molecule has 0 aliphatic carbocycles. The highest BCUT2D eigenvalue weighted by Gasteiger charge is 2.24. The molecule has 2 aromatic heterocycles. The van der Waals surface area contributed by atoms with Crippen LogP contribution < -0.4 is 22.8 Å². The minimum atomic E-state index is -0.865. The summed E-state index contributed by atoms with van der Waals surface area (Å²) >= 11 is 0. The van der Waals surface area contributed by atoms with Gasteiger partial charge in [-0.15, -0.1) is 9.35 Å². The maximum Gasteiger partial charge on any atom is 0.367 e. The van der Waals surface area contributed by atoms with E-state index in [-0.39, 0.29) is 0 Å². The fraction of sp³-hybridized carbons (Fsp3) is 0.333. The largest absolute Gasteiger partial charge is 0.367 e. The van der Waals surface area contributed by atoms with Gasteiger partial charge in [0.1, 0.15) is 0 Å². The Balaban J connectivity index is 2.51. The summed E-state index contributed by atoms with van der Waals surface area (Å²) in [5, 5.41) is 3.98. The van der Waals surface area contributed by atoms with Crippen LogP contribution in [0.1, 0.15) is 0 Å². The van der Waals surface area contributed by atoms with Crippen molar-refractivity contribution >= 4 is 0 Å². The summed E-state index contributed by atoms with van der Waals surface area (Å²) in [6, 6.07) is 0. The highest BCUT2D eigenvalue weighted by molar-refractivity contribution is 4.82. The molecule has 0 aromatic carbocycles. The third-order valence-electron chi connectivity index (χ3n) is 2.48. The molecule has 1 aliphatic rings. The molecule has 3 heterocycles. The molecule has 16 heavy (non-hydrogen) atoms. The average Bonchev–Trinajstić information content (AvgIpc) is 2.54. The molecule has 0 saturated carbocycles. The van der Waals surface area contributed by atoms with Gasteiger partial charge in [-0.1, -0.05) is 0 Å². The van der Waals surface area contributed by atoms with E-state index in [1.807, 2.05) is 10.2 Å². The van der Waals surface area contributed by atoms with Crippen molar-refractivity contribution in [2.75, 3.05) is 0 Å². The van der Waals surface area contributed by atoms with Crippen LogP contribution in [0, 0.1) is 0 Å². The van der Waals surface area contributed by atoms with Gasteiger partial charge in [-0.05, 0) is 0 Å². The summed E-state index contributed by atoms with van der Waals surface area (Å²) in [5.41, 5.74) is -3.14. The van der Waals surface area contributed by atoms with Crippen LogP contribution in [-0.4, -0.2) is 28.9 Å². The molecule has 10 heteroatoms. The molecule has 10 nitrogen and oxygen atoms in total. The molecule has 0 atom stereocenters. The van der Waals surface area contributed by atoms with E-state index in [4.69, 9.17) is 0 Å². The molecule has 0 fully saturated rings. The summed E-state index contributed by atoms with van der Waals surface area (Å²) < 4.78 is 3.25. The second-order valence-electron chi connectivity index (χ2n) is 3.30. The first-order valence-electron chi connectivity index (χ1n) is 4.44. The van der Waals surface area contributed by atoms with Crippen molar-refractivity contribution in [1.82, 2.24) is 28.9 Å². The van der Waals surface area contributed by atoms with Crippen molar-refractivity contribution < 1.29 is 0 Å². The molecule has 1 aliphatic heterocycles. The van der Waals surface area contributed by atoms with Gasteiger partial charge in [-0.3, -0.25) is 0 Å². The lowest BCUT2D eigenvalue weighted by atomic mass is 10.5. The number of nitrogens with one attached hydrogen (secondary N) is 2. The summed E-state index contributed by atoms with van der Waals surface area (Å²) in [7, 11) is 0. The maximum atomic E-state index is 11.6. The molecule has 0 saturated heterocycles. The van der Waals surface area contributed by atoms with Crippen molar-refractivity contribution in [1.29, 1.82) is 0 Å². The second-order valence-corrected chi connectivity index (χ2v) is 3.30. The van der Waals surface area contributed by atoms with E-state index in [0.717, 1.165) is 9.36 Å². The van der Waals surface area contributed by atoms with E-state index in [0.29, 0.717) is 22.4 Å². The zero-order chi connectivity index (χ0) is 11.4. The number of hydrogen-bond donors (Lipinski definition) is 2. The monoisotopic (exact) mass is 226 g/mol. The van der Waals surface area contributed by atoms with Crippen molar-refractivity contribution in [3.63, 3.8) is 0 Å². The number of fused-ring (bicyclic) bond motifs is 1. The van der Waals surface area contributed by atoms with Gasteiger partial charge in [0.25, 0.3) is 0 Å². The zero-order valence-electron chi connectivity index (χ0n) is 7.84. The third-order valence-corrected chi connectivity index (χ3v) is 2.48. The predicted octanol–water partition coefficient (Wildman–Crippen LogP) is -3.69. The number of H-pyrrole nitrogens is 2. The van der Waals surface area contributed by atoms with Gasteiger partial charge in [-0.2, -0.15) is 0 Å². The summed E-state index contributed by atoms with van der Waals surface area (Å²) in [6.45, 7) is 0.802. The van der Waals surface area contributed by atoms with Crippen molar-refractivity contribution in [3.05, 3.63) is 41.9 Å². The molecule has 2 N–H and O–H groups in total. The number of aromatic nitrogens is 6. The lowest BCUT2D eigenvalue weighted by Crippen LogP contribution is -2.44. The summed E-state index contributed by atoms with van der Waals surface area (Å²) in [5.74, 6) is 0. The number of aromatic amines is 2. The van der Waals surface area contributed by atoms with Crippen LogP contribution in [0.3, 0.4) is 0 Å². The molecular weight excluding hydrogens is 220 g/mol. The first-order valence-corrected chi connectivity index (χ1v) is 4.44. The molecule has 0 spiro atoms. The normalized spacial score (nSPS) is 13.5. The topological polar surface area (TPSA) is 120 Å². The van der Waals surface area contributed by atoms with E-state index in [9.17, 15) is 19.2 Å². The highest BCUT2D eigenvalue weighted by Crippen LogP contribution is 1.93. The third kappa shape index (κ3) is 0.809. The van der Waals surface area contributed by atoms with Crippen molar-refractivity contribution in [2.45, 2.75) is 13.1 Å². The van der Waals surface area contributed by atoms with Crippen LogP contribution in [0.5, 0.6) is 0 Å². The van der Waals surface area contributed by atoms with Gasteiger partial charge in [0, 0.05) is 0 Å². The van der Waals surface area contributed by atoms with Crippen LogP contribution in [0.4, 0.5) is 0 Å². The smallest absolute Gasteiger partial charge is 0.246 e. The molecule has 84 valence electrons. The van der Waals surface area contributed by atoms with Crippen LogP contribution in [0.2, 0.25) is 0 Å². The first-order chi connectivity index (χ1) is 7.61. The van der Waals surface area contributed by atoms with E-state index >= 15 is 0 Å². The van der Waals surface area contributed by atoms with Crippen LogP contribution >= 0.6 is 0 Å². The molecule has 0 bridgehead atoms. The molecular formula is C6H6N6O4. The van der Waals surface area contributed by atoms with Crippen molar-refractivity contribution in [2.24, 2.45) is 0 Å². The average molecular weight is 226 g/mol. The minimum absolute atomic E-state index is 0.401. The van der Waals surface area contributed by atoms with Gasteiger partial charge in [0.2, 0.25) is 0 Å². The van der Waals surface area contributed by atoms with Crippen LogP contribution in [-0.2, 0) is 13.1 Å². The lowest BCUT2D eigenvalue weighted by molar-refractivity contribution is 0.297. The van der Waals surface area contributed by atoms with E-state index in [1.54, 1.807) is 0 Å². The van der Waals surface area contributed by atoms with E-state index in [2.05, 4.69) is 0 Å². The minimum Gasteiger partial charge on any atom is -0.246 e. The Hall–Kier alpha value is -2.52. The standard InChI is InChI=1S/C6H6N6O4/c13-3-7-8-4(14)11(3)12-5(15)9-1-2-10(9)6(12)16/h1-2H2,(H,7,13)(H,8,14). The molecule has 3 rings (SSSR count). The van der Waals surface area contributed by atoms with Crippen LogP contribution in [0.25, 0.3) is 0 Å². The van der Waals surface area contributed by atoms with E-state index < -0.39 is 22.8 Å². The van der Waals surface area contributed by atoms with Gasteiger partial charge in [-0.25, -0.2) is 38.7 Å². The first kappa shape index (κ1) is 8.76. The Kier molecular flexibility index (Phi) is 1.39. The Labute approximate surface area is 84.9 Å². The van der Waals surface area contributed by atoms with Crippen LogP contribution in [0.15, 0.2) is 19.2 Å². The number of hydrogen-bond acceptors (Lipinski definition) is 4. The number of rotatable bonds is 1. The lowest BCUT2D eigenvalue weighted by Gasteiger charge is -2.16. The molecule has 0 radical (unpaired) electrons. The highest BCUT2D eigenvalue weighted by atomic mass is 16.2. The quantitative estimate of drug-likeness (QED) is 0.520. The molecule has 0 unspecified atom stereocenters. The summed E-state index contributed by atoms with van der Waals surface area (Å²) in [6.07, 6.45) is 0. The Bertz CT molecular complexity index is 728. The fourth-order valence-electron chi connectivity index (χ4n) is 1.66. The van der Waals surface area contributed by atoms with Crippen molar-refractivity contribution in [3.8, 4) is 0 Å². The van der Waals surface area contributed by atoms with Gasteiger partial charge < -0.3 is 0 Å². The fourth-order valence-corrected chi connectivity index (χ4v) is 1.66. The van der Waals surface area contributed by atoms with E-state index in [1.165, 1.54) is 0 Å². The van der Waals surface area contributed by atoms with Gasteiger partial charge >= 0.3 is 22.8 Å². The Morgan fingerprint density at radius 2 is 1.19 bits per heavy atom. The Morgan fingerprint density at radius 3 is 1.56 bits per heavy atom. The zero-order valence-corrected chi connectivity index (χ0v) is 7.84.